The molecule has 1 aromatic heterocycles. The zero-order valence-corrected chi connectivity index (χ0v) is 9.30. The van der Waals surface area contributed by atoms with Gasteiger partial charge in [-0.25, -0.2) is 8.78 Å². The summed E-state index contributed by atoms with van der Waals surface area (Å²) >= 11 is 0. The maximum Gasteiger partial charge on any atom is 0.169 e. The van der Waals surface area contributed by atoms with Crippen molar-refractivity contribution in [2.45, 2.75) is 25.3 Å². The summed E-state index contributed by atoms with van der Waals surface area (Å²) in [6.07, 6.45) is 4.71. The third-order valence-corrected chi connectivity index (χ3v) is 3.08. The van der Waals surface area contributed by atoms with Crippen LogP contribution >= 0.6 is 0 Å². The van der Waals surface area contributed by atoms with Gasteiger partial charge in [0.25, 0.3) is 0 Å². The Kier molecular flexibility index (Phi) is 2.59. The van der Waals surface area contributed by atoms with Gasteiger partial charge in [0.15, 0.2) is 11.4 Å². The fourth-order valence-corrected chi connectivity index (χ4v) is 2.00. The first-order valence-electron chi connectivity index (χ1n) is 5.82. The number of fused-ring (bicyclic) bond motifs is 1. The zero-order chi connectivity index (χ0) is 11.8. The molecule has 1 N–H and O–H groups in total. The van der Waals surface area contributed by atoms with Crippen LogP contribution in [0.25, 0.3) is 11.0 Å². The predicted molar refractivity (Wildman–Crippen MR) is 60.9 cm³/mol. The van der Waals surface area contributed by atoms with Crippen LogP contribution in [0.15, 0.2) is 22.8 Å². The van der Waals surface area contributed by atoms with E-state index in [0.29, 0.717) is 11.4 Å². The molecule has 3 rings (SSSR count). The number of hydrogen-bond donors (Lipinski definition) is 1. The molecule has 1 aromatic carbocycles. The Morgan fingerprint density at radius 3 is 2.88 bits per heavy atom. The number of hydrogen-bond acceptors (Lipinski definition) is 2. The molecule has 0 aliphatic heterocycles. The number of rotatable bonds is 4. The fraction of sp³-hybridized carbons (Fsp3) is 0.385. The van der Waals surface area contributed by atoms with Gasteiger partial charge in [-0.1, -0.05) is 0 Å². The standard InChI is InChI=1S/C13H13F2NO/c14-9-5-11-8(3-4-16-10-1-2-10)7-17-13(11)12(15)6-9/h5-7,10,16H,1-4H2. The van der Waals surface area contributed by atoms with Gasteiger partial charge in [0.2, 0.25) is 0 Å². The molecule has 2 nitrogen and oxygen atoms in total. The van der Waals surface area contributed by atoms with Gasteiger partial charge in [0, 0.05) is 17.5 Å². The first-order valence-corrected chi connectivity index (χ1v) is 5.82. The normalized spacial score (nSPS) is 15.6. The molecule has 1 aliphatic carbocycles. The first kappa shape index (κ1) is 10.7. The molecule has 17 heavy (non-hydrogen) atoms. The Bertz CT molecular complexity index is 546. The highest BCUT2D eigenvalue weighted by Crippen LogP contribution is 2.25. The molecular formula is C13H13F2NO. The number of benzene rings is 1. The molecule has 1 heterocycles. The van der Waals surface area contributed by atoms with Crippen molar-refractivity contribution in [3.63, 3.8) is 0 Å². The summed E-state index contributed by atoms with van der Waals surface area (Å²) in [5.74, 6) is -1.20. The van der Waals surface area contributed by atoms with Gasteiger partial charge in [0.1, 0.15) is 5.82 Å². The van der Waals surface area contributed by atoms with Gasteiger partial charge in [0.05, 0.1) is 6.26 Å². The van der Waals surface area contributed by atoms with Crippen LogP contribution in [0, 0.1) is 11.6 Å². The van der Waals surface area contributed by atoms with Crippen molar-refractivity contribution in [3.8, 4) is 0 Å². The summed E-state index contributed by atoms with van der Waals surface area (Å²) in [6.45, 7) is 0.817. The van der Waals surface area contributed by atoms with Crippen LogP contribution in [0.3, 0.4) is 0 Å². The van der Waals surface area contributed by atoms with Crippen LogP contribution < -0.4 is 5.32 Å². The average Bonchev–Trinajstić information content (AvgIpc) is 3.01. The van der Waals surface area contributed by atoms with Crippen LogP contribution in [0.2, 0.25) is 0 Å². The highest BCUT2D eigenvalue weighted by Gasteiger charge is 2.20. The van der Waals surface area contributed by atoms with E-state index in [4.69, 9.17) is 4.42 Å². The van der Waals surface area contributed by atoms with E-state index in [1.54, 1.807) is 0 Å². The molecule has 4 heteroatoms. The second kappa shape index (κ2) is 4.11. The minimum absolute atomic E-state index is 0.146. The van der Waals surface area contributed by atoms with E-state index in [9.17, 15) is 8.78 Å². The van der Waals surface area contributed by atoms with Crippen LogP contribution in [0.5, 0.6) is 0 Å². The van der Waals surface area contributed by atoms with E-state index < -0.39 is 11.6 Å². The minimum atomic E-state index is -0.638. The first-order chi connectivity index (χ1) is 8.24. The van der Waals surface area contributed by atoms with Crippen molar-refractivity contribution in [1.82, 2.24) is 5.32 Å². The molecule has 0 spiro atoms. The molecule has 0 atom stereocenters. The summed E-state index contributed by atoms with van der Waals surface area (Å²) < 4.78 is 31.6. The highest BCUT2D eigenvalue weighted by molar-refractivity contribution is 5.81. The van der Waals surface area contributed by atoms with Crippen molar-refractivity contribution >= 4 is 11.0 Å². The largest absolute Gasteiger partial charge is 0.461 e. The van der Waals surface area contributed by atoms with Crippen LogP contribution in [-0.4, -0.2) is 12.6 Å². The summed E-state index contributed by atoms with van der Waals surface area (Å²) in [5, 5.41) is 3.90. The molecule has 0 amide bonds. The Morgan fingerprint density at radius 2 is 2.12 bits per heavy atom. The lowest BCUT2D eigenvalue weighted by Gasteiger charge is -2.01. The molecular weight excluding hydrogens is 224 g/mol. The molecule has 1 fully saturated rings. The van der Waals surface area contributed by atoms with Crippen LogP contribution in [0.4, 0.5) is 8.78 Å². The van der Waals surface area contributed by atoms with E-state index in [1.807, 2.05) is 0 Å². The molecule has 1 saturated carbocycles. The Labute approximate surface area is 97.6 Å². The molecule has 0 saturated heterocycles. The Morgan fingerprint density at radius 1 is 1.29 bits per heavy atom. The number of furan rings is 1. The third-order valence-electron chi connectivity index (χ3n) is 3.08. The lowest BCUT2D eigenvalue weighted by molar-refractivity contribution is 0.545. The maximum atomic E-state index is 13.4. The van der Waals surface area contributed by atoms with Gasteiger partial charge >= 0.3 is 0 Å². The van der Waals surface area contributed by atoms with E-state index in [0.717, 1.165) is 24.6 Å². The molecule has 1 aliphatic rings. The molecule has 90 valence electrons. The number of halogens is 2. The topological polar surface area (TPSA) is 25.2 Å². The monoisotopic (exact) mass is 237 g/mol. The lowest BCUT2D eigenvalue weighted by atomic mass is 10.1. The Balaban J connectivity index is 1.83. The third kappa shape index (κ3) is 2.17. The van der Waals surface area contributed by atoms with Crippen molar-refractivity contribution in [2.75, 3.05) is 6.54 Å². The summed E-state index contributed by atoms with van der Waals surface area (Å²) in [5.41, 5.74) is 0.999. The smallest absolute Gasteiger partial charge is 0.169 e. The zero-order valence-electron chi connectivity index (χ0n) is 9.30. The lowest BCUT2D eigenvalue weighted by Crippen LogP contribution is -2.19. The van der Waals surface area contributed by atoms with Crippen molar-refractivity contribution < 1.29 is 13.2 Å². The minimum Gasteiger partial charge on any atom is -0.461 e. The van der Waals surface area contributed by atoms with Crippen LogP contribution in [-0.2, 0) is 6.42 Å². The second-order valence-electron chi connectivity index (χ2n) is 4.50. The Hall–Kier alpha value is -1.42. The molecule has 0 radical (unpaired) electrons. The van der Waals surface area contributed by atoms with Crippen molar-refractivity contribution in [2.24, 2.45) is 0 Å². The van der Waals surface area contributed by atoms with Gasteiger partial charge < -0.3 is 9.73 Å². The number of nitrogens with one attached hydrogen (secondary N) is 1. The second-order valence-corrected chi connectivity index (χ2v) is 4.50. The molecule has 0 bridgehead atoms. The van der Waals surface area contributed by atoms with Gasteiger partial charge in [-0.2, -0.15) is 0 Å². The van der Waals surface area contributed by atoms with Gasteiger partial charge in [-0.3, -0.25) is 0 Å². The summed E-state index contributed by atoms with van der Waals surface area (Å²) in [7, 11) is 0. The molecule has 0 unspecified atom stereocenters. The van der Waals surface area contributed by atoms with Crippen molar-refractivity contribution in [1.29, 1.82) is 0 Å². The fourth-order valence-electron chi connectivity index (χ4n) is 2.00. The SMILES string of the molecule is Fc1cc(F)c2occ(CCNC3CC3)c2c1. The van der Waals surface area contributed by atoms with Gasteiger partial charge in [-0.05, 0) is 37.4 Å². The van der Waals surface area contributed by atoms with E-state index in [-0.39, 0.29) is 5.58 Å². The van der Waals surface area contributed by atoms with E-state index >= 15 is 0 Å². The average molecular weight is 237 g/mol. The highest BCUT2D eigenvalue weighted by atomic mass is 19.1. The summed E-state index contributed by atoms with van der Waals surface area (Å²) in [6, 6.07) is 2.81. The van der Waals surface area contributed by atoms with E-state index in [2.05, 4.69) is 5.32 Å². The van der Waals surface area contributed by atoms with Crippen LogP contribution in [0.1, 0.15) is 18.4 Å². The summed E-state index contributed by atoms with van der Waals surface area (Å²) in [4.78, 5) is 0. The predicted octanol–water partition coefficient (Wildman–Crippen LogP) is 3.01. The van der Waals surface area contributed by atoms with E-state index in [1.165, 1.54) is 25.2 Å². The molecule has 2 aromatic rings. The van der Waals surface area contributed by atoms with Gasteiger partial charge in [-0.15, -0.1) is 0 Å². The van der Waals surface area contributed by atoms with Crippen molar-refractivity contribution in [3.05, 3.63) is 35.6 Å². The maximum absolute atomic E-state index is 13.4. The quantitative estimate of drug-likeness (QED) is 0.884.